The minimum Gasteiger partial charge on any atom is -0.379 e. The Morgan fingerprint density at radius 3 is 2.65 bits per heavy atom. The highest BCUT2D eigenvalue weighted by atomic mass is 35.5. The summed E-state index contributed by atoms with van der Waals surface area (Å²) in [6, 6.07) is 8.87. The molecule has 2 aromatic carbocycles. The number of halogens is 3. The van der Waals surface area contributed by atoms with Gasteiger partial charge in [0.2, 0.25) is 11.8 Å². The van der Waals surface area contributed by atoms with E-state index in [1.165, 1.54) is 12.1 Å². The molecule has 10 heteroatoms. The molecule has 7 nitrogen and oxygen atoms in total. The summed E-state index contributed by atoms with van der Waals surface area (Å²) in [6.07, 6.45) is 1.37. The predicted octanol–water partition coefficient (Wildman–Crippen LogP) is 4.72. The first-order valence-electron chi connectivity index (χ1n) is 13.9. The zero-order chi connectivity index (χ0) is 28.7. The smallest absolute Gasteiger partial charge is 0.237 e. The van der Waals surface area contributed by atoms with Crippen molar-refractivity contribution in [1.29, 1.82) is 0 Å². The van der Waals surface area contributed by atoms with Gasteiger partial charge in [0.05, 0.1) is 24.3 Å². The summed E-state index contributed by atoms with van der Waals surface area (Å²) < 4.78 is 20.4. The second kappa shape index (κ2) is 11.6. The van der Waals surface area contributed by atoms with Crippen LogP contribution in [0.25, 0.3) is 0 Å². The van der Waals surface area contributed by atoms with Crippen molar-refractivity contribution in [3.05, 3.63) is 63.4 Å². The van der Waals surface area contributed by atoms with Crippen molar-refractivity contribution in [1.82, 2.24) is 15.5 Å². The summed E-state index contributed by atoms with van der Waals surface area (Å²) in [5, 5.41) is 10.1. The quantitative estimate of drug-likeness (QED) is 0.406. The van der Waals surface area contributed by atoms with Gasteiger partial charge in [-0.15, -0.1) is 0 Å². The van der Waals surface area contributed by atoms with E-state index in [2.05, 4.69) is 41.6 Å². The van der Waals surface area contributed by atoms with Crippen LogP contribution in [0.4, 0.5) is 10.1 Å². The molecule has 1 spiro atoms. The molecule has 3 aliphatic heterocycles. The molecule has 3 N–H and O–H groups in total. The number of nitrogens with zero attached hydrogens (tertiary/aromatic N) is 1. The number of ether oxygens (including phenoxy) is 1. The van der Waals surface area contributed by atoms with Crippen LogP contribution in [0.3, 0.4) is 0 Å². The van der Waals surface area contributed by atoms with Crippen molar-refractivity contribution in [3.8, 4) is 0 Å². The number of carbonyl (C=O) groups excluding carboxylic acids is 2. The van der Waals surface area contributed by atoms with Crippen LogP contribution in [-0.4, -0.2) is 68.2 Å². The third-order valence-electron chi connectivity index (χ3n) is 8.25. The van der Waals surface area contributed by atoms with Gasteiger partial charge in [-0.25, -0.2) is 4.39 Å². The van der Waals surface area contributed by atoms with Crippen LogP contribution in [-0.2, 0) is 19.7 Å². The SMILES string of the molecule is CC(C)(C)C[C@H]1N[C@@H](C(=O)NCCCN2CCOCC2)[C@H](c2cccc(Cl)c2)[C@@]12C(=O)Nc1cc(Cl)c(F)cc12. The molecule has 0 aliphatic carbocycles. The maximum absolute atomic E-state index is 15.0. The average molecular weight is 592 g/mol. The molecule has 3 aliphatic rings. The molecule has 2 aromatic rings. The molecule has 0 aromatic heterocycles. The highest BCUT2D eigenvalue weighted by Gasteiger charge is 2.65. The monoisotopic (exact) mass is 590 g/mol. The van der Waals surface area contributed by atoms with Gasteiger partial charge in [0.1, 0.15) is 11.2 Å². The van der Waals surface area contributed by atoms with E-state index in [9.17, 15) is 9.59 Å². The fourth-order valence-electron chi connectivity index (χ4n) is 6.58. The van der Waals surface area contributed by atoms with E-state index in [1.807, 2.05) is 12.1 Å². The van der Waals surface area contributed by atoms with Crippen LogP contribution >= 0.6 is 23.2 Å². The molecule has 0 radical (unpaired) electrons. The third kappa shape index (κ3) is 5.61. The number of morpholine rings is 1. The van der Waals surface area contributed by atoms with E-state index in [-0.39, 0.29) is 22.3 Å². The number of amides is 2. The van der Waals surface area contributed by atoms with Gasteiger partial charge in [0.15, 0.2) is 0 Å². The van der Waals surface area contributed by atoms with Crippen LogP contribution in [0.1, 0.15) is 50.7 Å². The predicted molar refractivity (Wildman–Crippen MR) is 156 cm³/mol. The van der Waals surface area contributed by atoms with E-state index in [1.54, 1.807) is 12.1 Å². The van der Waals surface area contributed by atoms with Gasteiger partial charge in [-0.05, 0) is 60.2 Å². The first-order chi connectivity index (χ1) is 19.0. The normalized spacial score (nSPS) is 26.6. The Labute approximate surface area is 245 Å². The summed E-state index contributed by atoms with van der Waals surface area (Å²) in [4.78, 5) is 30.4. The van der Waals surface area contributed by atoms with Crippen molar-refractivity contribution in [2.24, 2.45) is 5.41 Å². The molecule has 4 atom stereocenters. The third-order valence-corrected chi connectivity index (χ3v) is 8.77. The molecule has 0 unspecified atom stereocenters. The standard InChI is InChI=1S/C30H37Cl2FN4O3/c1-29(2,3)17-24-30(20-15-22(33)21(32)16-23(20)35-28(30)39)25(18-6-4-7-19(31)14-18)26(36-24)27(38)34-8-5-9-37-10-12-40-13-11-37/h4,6-7,14-16,24-26,36H,5,8-13,17H2,1-3H3,(H,34,38)(H,35,39)/t24-,25+,26-,30+/m1/s1. The molecule has 2 amide bonds. The Hall–Kier alpha value is -2.23. The van der Waals surface area contributed by atoms with Gasteiger partial charge >= 0.3 is 0 Å². The first-order valence-corrected chi connectivity index (χ1v) is 14.7. The van der Waals surface area contributed by atoms with Crippen LogP contribution in [0, 0.1) is 11.2 Å². The van der Waals surface area contributed by atoms with Crippen LogP contribution in [0.2, 0.25) is 10.0 Å². The summed E-state index contributed by atoms with van der Waals surface area (Å²) in [5.74, 6) is -1.72. The van der Waals surface area contributed by atoms with Gasteiger partial charge in [-0.1, -0.05) is 56.1 Å². The van der Waals surface area contributed by atoms with Crippen molar-refractivity contribution in [3.63, 3.8) is 0 Å². The topological polar surface area (TPSA) is 82.7 Å². The number of benzene rings is 2. The Morgan fingerprint density at radius 2 is 1.95 bits per heavy atom. The van der Waals surface area contributed by atoms with E-state index in [0.717, 1.165) is 44.8 Å². The fraction of sp³-hybridized carbons (Fsp3) is 0.533. The van der Waals surface area contributed by atoms with E-state index >= 15 is 4.39 Å². The molecule has 5 rings (SSSR count). The molecule has 216 valence electrons. The van der Waals surface area contributed by atoms with Gasteiger partial charge in [-0.3, -0.25) is 14.5 Å². The van der Waals surface area contributed by atoms with Crippen molar-refractivity contribution >= 4 is 40.7 Å². The van der Waals surface area contributed by atoms with Crippen LogP contribution < -0.4 is 16.0 Å². The van der Waals surface area contributed by atoms with E-state index in [0.29, 0.717) is 29.2 Å². The lowest BCUT2D eigenvalue weighted by Crippen LogP contribution is -2.49. The maximum atomic E-state index is 15.0. The number of hydrogen-bond donors (Lipinski definition) is 3. The Balaban J connectivity index is 1.53. The summed E-state index contributed by atoms with van der Waals surface area (Å²) in [7, 11) is 0. The molecular weight excluding hydrogens is 554 g/mol. The molecule has 2 saturated heterocycles. The fourth-order valence-corrected chi connectivity index (χ4v) is 6.95. The Morgan fingerprint density at radius 1 is 1.20 bits per heavy atom. The van der Waals surface area contributed by atoms with Crippen molar-refractivity contribution in [2.45, 2.75) is 57.0 Å². The number of rotatable bonds is 7. The highest BCUT2D eigenvalue weighted by Crippen LogP contribution is 2.57. The van der Waals surface area contributed by atoms with Crippen molar-refractivity contribution < 1.29 is 18.7 Å². The molecular formula is C30H37Cl2FN4O3. The van der Waals surface area contributed by atoms with E-state index in [4.69, 9.17) is 27.9 Å². The van der Waals surface area contributed by atoms with Gasteiger partial charge in [0, 0.05) is 42.3 Å². The van der Waals surface area contributed by atoms with Crippen LogP contribution in [0.5, 0.6) is 0 Å². The maximum Gasteiger partial charge on any atom is 0.237 e. The number of anilines is 1. The number of carbonyl (C=O) groups is 2. The molecule has 2 fully saturated rings. The largest absolute Gasteiger partial charge is 0.379 e. The minimum absolute atomic E-state index is 0.0664. The molecule has 0 bridgehead atoms. The van der Waals surface area contributed by atoms with E-state index < -0.39 is 29.2 Å². The summed E-state index contributed by atoms with van der Waals surface area (Å²) >= 11 is 12.6. The zero-order valence-corrected chi connectivity index (χ0v) is 24.7. The molecule has 0 saturated carbocycles. The van der Waals surface area contributed by atoms with Gasteiger partial charge in [0.25, 0.3) is 0 Å². The Kier molecular flexibility index (Phi) is 8.47. The molecule has 40 heavy (non-hydrogen) atoms. The zero-order valence-electron chi connectivity index (χ0n) is 23.2. The summed E-state index contributed by atoms with van der Waals surface area (Å²) in [6.45, 7) is 10.9. The second-order valence-electron chi connectivity index (χ2n) is 12.2. The second-order valence-corrected chi connectivity index (χ2v) is 13.1. The highest BCUT2D eigenvalue weighted by molar-refractivity contribution is 6.31. The lowest BCUT2D eigenvalue weighted by molar-refractivity contribution is -0.123. The number of nitrogens with one attached hydrogen (secondary N) is 3. The lowest BCUT2D eigenvalue weighted by atomic mass is 9.62. The molecule has 3 heterocycles. The van der Waals surface area contributed by atoms with Crippen molar-refractivity contribution in [2.75, 3.05) is 44.7 Å². The Bertz CT molecular complexity index is 1280. The lowest BCUT2D eigenvalue weighted by Gasteiger charge is -2.37. The summed E-state index contributed by atoms with van der Waals surface area (Å²) in [5.41, 5.74) is 0.267. The average Bonchev–Trinajstić information content (AvgIpc) is 3.37. The van der Waals surface area contributed by atoms with Crippen LogP contribution in [0.15, 0.2) is 36.4 Å². The number of fused-ring (bicyclic) bond motifs is 2. The number of hydrogen-bond acceptors (Lipinski definition) is 5. The van der Waals surface area contributed by atoms with Gasteiger partial charge in [-0.2, -0.15) is 0 Å². The first kappa shape index (κ1) is 29.3. The van der Waals surface area contributed by atoms with Gasteiger partial charge < -0.3 is 20.7 Å². The minimum atomic E-state index is -1.26.